The number of nitrogens with zero attached hydrogens (tertiary/aromatic N) is 2. The minimum atomic E-state index is 0.0950. The topological polar surface area (TPSA) is 51.7 Å². The van der Waals surface area contributed by atoms with E-state index in [9.17, 15) is 4.79 Å². The van der Waals surface area contributed by atoms with Gasteiger partial charge in [0.15, 0.2) is 11.5 Å². The van der Waals surface area contributed by atoms with Crippen LogP contribution in [-0.2, 0) is 4.79 Å². The second-order valence-electron chi connectivity index (χ2n) is 6.96. The van der Waals surface area contributed by atoms with Crippen LogP contribution in [0.3, 0.4) is 0 Å². The molecule has 140 valence electrons. The number of benzene rings is 1. The Morgan fingerprint density at radius 1 is 1.11 bits per heavy atom. The van der Waals surface area contributed by atoms with E-state index in [4.69, 9.17) is 9.47 Å². The third-order valence-corrected chi connectivity index (χ3v) is 5.10. The lowest BCUT2D eigenvalue weighted by molar-refractivity contribution is -0.118. The average Bonchev–Trinajstić information content (AvgIpc) is 3.18. The first-order valence-electron chi connectivity index (χ1n) is 9.60. The van der Waals surface area contributed by atoms with Crippen LogP contribution in [0.1, 0.15) is 44.1 Å². The summed E-state index contributed by atoms with van der Waals surface area (Å²) >= 11 is 0. The molecule has 1 saturated carbocycles. The lowest BCUT2D eigenvalue weighted by Gasteiger charge is -2.33. The summed E-state index contributed by atoms with van der Waals surface area (Å²) in [6.07, 6.45) is 11.7. The highest BCUT2D eigenvalue weighted by Crippen LogP contribution is 2.33. The normalized spacial score (nSPS) is 16.6. The van der Waals surface area contributed by atoms with Gasteiger partial charge in [0.25, 0.3) is 0 Å². The molecular weight excluding hydrogens is 340 g/mol. The summed E-state index contributed by atoms with van der Waals surface area (Å²) in [6, 6.07) is 11.8. The van der Waals surface area contributed by atoms with Crippen LogP contribution < -0.4 is 14.4 Å². The number of anilines is 1. The number of carbonyl (C=O) groups is 1. The number of rotatable bonds is 5. The first-order chi connectivity index (χ1) is 13.3. The molecule has 2 aromatic rings. The van der Waals surface area contributed by atoms with Crippen LogP contribution in [0.25, 0.3) is 6.08 Å². The number of ether oxygens (including phenoxy) is 2. The number of pyridine rings is 1. The van der Waals surface area contributed by atoms with E-state index in [1.807, 2.05) is 53.5 Å². The molecule has 27 heavy (non-hydrogen) atoms. The molecule has 2 heterocycles. The molecule has 1 aliphatic carbocycles. The molecule has 0 N–H and O–H groups in total. The van der Waals surface area contributed by atoms with E-state index in [0.717, 1.165) is 35.7 Å². The monoisotopic (exact) mass is 364 g/mol. The van der Waals surface area contributed by atoms with Gasteiger partial charge in [0.1, 0.15) is 5.82 Å². The maximum atomic E-state index is 13.0. The number of carbonyl (C=O) groups excluding carboxylic acids is 1. The molecule has 5 nitrogen and oxygen atoms in total. The van der Waals surface area contributed by atoms with Crippen molar-refractivity contribution < 1.29 is 14.3 Å². The fourth-order valence-corrected chi connectivity index (χ4v) is 3.76. The second-order valence-corrected chi connectivity index (χ2v) is 6.96. The zero-order valence-electron chi connectivity index (χ0n) is 15.3. The van der Waals surface area contributed by atoms with Crippen molar-refractivity contribution >= 4 is 17.8 Å². The quantitative estimate of drug-likeness (QED) is 0.779. The van der Waals surface area contributed by atoms with Crippen LogP contribution in [0.5, 0.6) is 11.5 Å². The van der Waals surface area contributed by atoms with E-state index >= 15 is 0 Å². The molecule has 1 aliphatic heterocycles. The molecule has 0 radical (unpaired) electrons. The molecule has 0 unspecified atom stereocenters. The van der Waals surface area contributed by atoms with Gasteiger partial charge >= 0.3 is 0 Å². The van der Waals surface area contributed by atoms with Crippen LogP contribution >= 0.6 is 0 Å². The summed E-state index contributed by atoms with van der Waals surface area (Å²) < 4.78 is 10.7. The maximum Gasteiger partial charge on any atom is 0.232 e. The molecule has 1 aromatic carbocycles. The fourth-order valence-electron chi connectivity index (χ4n) is 3.76. The first-order valence-corrected chi connectivity index (χ1v) is 9.60. The van der Waals surface area contributed by atoms with Crippen molar-refractivity contribution in [3.05, 3.63) is 54.2 Å². The largest absolute Gasteiger partial charge is 0.454 e. The molecule has 5 heteroatoms. The molecule has 0 bridgehead atoms. The Labute approximate surface area is 159 Å². The lowest BCUT2D eigenvalue weighted by atomic mass is 9.94. The molecule has 0 spiro atoms. The van der Waals surface area contributed by atoms with Gasteiger partial charge in [0.2, 0.25) is 12.7 Å². The van der Waals surface area contributed by atoms with E-state index in [0.29, 0.717) is 6.42 Å². The van der Waals surface area contributed by atoms with Crippen molar-refractivity contribution in [3.8, 4) is 11.5 Å². The van der Waals surface area contributed by atoms with Gasteiger partial charge in [-0.1, -0.05) is 43.5 Å². The smallest absolute Gasteiger partial charge is 0.232 e. The molecule has 0 saturated heterocycles. The Bertz CT molecular complexity index is 814. The summed E-state index contributed by atoms with van der Waals surface area (Å²) in [6.45, 7) is 0.265. The van der Waals surface area contributed by atoms with Crippen molar-refractivity contribution in [3.63, 3.8) is 0 Å². The molecule has 2 aliphatic rings. The van der Waals surface area contributed by atoms with Crippen LogP contribution in [0.2, 0.25) is 0 Å². The number of hydrogen-bond donors (Lipinski definition) is 0. The average molecular weight is 364 g/mol. The Kier molecular flexibility index (Phi) is 5.37. The number of hydrogen-bond acceptors (Lipinski definition) is 4. The number of aromatic nitrogens is 1. The van der Waals surface area contributed by atoms with E-state index in [1.165, 1.54) is 19.3 Å². The van der Waals surface area contributed by atoms with E-state index in [1.54, 1.807) is 6.20 Å². The molecule has 4 rings (SSSR count). The Balaban J connectivity index is 1.46. The van der Waals surface area contributed by atoms with Gasteiger partial charge < -0.3 is 9.47 Å². The highest BCUT2D eigenvalue weighted by Gasteiger charge is 2.26. The van der Waals surface area contributed by atoms with Gasteiger partial charge in [-0.2, -0.15) is 0 Å². The van der Waals surface area contributed by atoms with Gasteiger partial charge in [-0.05, 0) is 42.7 Å². The summed E-state index contributed by atoms with van der Waals surface area (Å²) in [5, 5.41) is 0. The zero-order valence-corrected chi connectivity index (χ0v) is 15.3. The SMILES string of the molecule is O=C(CC=Cc1ccc2c(c1)OCO2)N(c1ccccn1)C1CCCCC1. The van der Waals surface area contributed by atoms with Crippen LogP contribution in [0.4, 0.5) is 5.82 Å². The van der Waals surface area contributed by atoms with Gasteiger partial charge in [-0.25, -0.2) is 4.98 Å². The van der Waals surface area contributed by atoms with Gasteiger partial charge in [-0.15, -0.1) is 0 Å². The summed E-state index contributed by atoms with van der Waals surface area (Å²) in [5.41, 5.74) is 0.995. The Morgan fingerprint density at radius 2 is 1.96 bits per heavy atom. The third kappa shape index (κ3) is 4.13. The summed E-state index contributed by atoms with van der Waals surface area (Å²) in [5.74, 6) is 2.37. The van der Waals surface area contributed by atoms with Crippen LogP contribution in [0.15, 0.2) is 48.7 Å². The first kappa shape index (κ1) is 17.6. The van der Waals surface area contributed by atoms with Gasteiger partial charge in [0.05, 0.1) is 0 Å². The van der Waals surface area contributed by atoms with E-state index in [-0.39, 0.29) is 18.7 Å². The molecular formula is C22H24N2O3. The van der Waals surface area contributed by atoms with Crippen LogP contribution in [0, 0.1) is 0 Å². The maximum absolute atomic E-state index is 13.0. The fraction of sp³-hybridized carbons (Fsp3) is 0.364. The van der Waals surface area contributed by atoms with Crippen molar-refractivity contribution in [1.29, 1.82) is 0 Å². The van der Waals surface area contributed by atoms with Crippen molar-refractivity contribution in [2.45, 2.75) is 44.6 Å². The zero-order chi connectivity index (χ0) is 18.5. The van der Waals surface area contributed by atoms with Crippen molar-refractivity contribution in [2.75, 3.05) is 11.7 Å². The Morgan fingerprint density at radius 3 is 2.78 bits per heavy atom. The second kappa shape index (κ2) is 8.25. The third-order valence-electron chi connectivity index (χ3n) is 5.10. The predicted octanol–water partition coefficient (Wildman–Crippen LogP) is 4.58. The van der Waals surface area contributed by atoms with Crippen molar-refractivity contribution in [1.82, 2.24) is 4.98 Å². The summed E-state index contributed by atoms with van der Waals surface area (Å²) in [7, 11) is 0. The number of fused-ring (bicyclic) bond motifs is 1. The standard InChI is InChI=1S/C22H24N2O3/c25-22(11-6-7-17-12-13-19-20(15-17)27-16-26-19)24(18-8-2-1-3-9-18)21-10-4-5-14-23-21/h4-7,10,12-15,18H,1-3,8-9,11,16H2. The number of amides is 1. The highest BCUT2D eigenvalue weighted by molar-refractivity contribution is 5.94. The van der Waals surface area contributed by atoms with E-state index in [2.05, 4.69) is 4.98 Å². The molecule has 0 atom stereocenters. The molecule has 1 fully saturated rings. The van der Waals surface area contributed by atoms with Crippen molar-refractivity contribution in [2.24, 2.45) is 0 Å². The van der Waals surface area contributed by atoms with Gasteiger partial charge in [-0.3, -0.25) is 9.69 Å². The Hall–Kier alpha value is -2.82. The lowest BCUT2D eigenvalue weighted by Crippen LogP contribution is -2.41. The van der Waals surface area contributed by atoms with Gasteiger partial charge in [0, 0.05) is 18.7 Å². The molecule has 1 aromatic heterocycles. The highest BCUT2D eigenvalue weighted by atomic mass is 16.7. The van der Waals surface area contributed by atoms with E-state index < -0.39 is 0 Å². The minimum absolute atomic E-state index is 0.0950. The molecule has 1 amide bonds. The van der Waals surface area contributed by atoms with Crippen LogP contribution in [-0.4, -0.2) is 23.7 Å². The summed E-state index contributed by atoms with van der Waals surface area (Å²) in [4.78, 5) is 19.3. The predicted molar refractivity (Wildman–Crippen MR) is 105 cm³/mol. The minimum Gasteiger partial charge on any atom is -0.454 e.